The second-order valence-corrected chi connectivity index (χ2v) is 6.35. The maximum absolute atomic E-state index is 6.11. The van der Waals surface area contributed by atoms with Crippen molar-refractivity contribution in [2.75, 3.05) is 18.8 Å². The van der Waals surface area contributed by atoms with Gasteiger partial charge in [-0.15, -0.1) is 0 Å². The van der Waals surface area contributed by atoms with E-state index in [1.807, 2.05) is 24.0 Å². The molecule has 100 valence electrons. The van der Waals surface area contributed by atoms with E-state index in [-0.39, 0.29) is 5.54 Å². The van der Waals surface area contributed by atoms with E-state index in [2.05, 4.69) is 35.9 Å². The van der Waals surface area contributed by atoms with Gasteiger partial charge in [0.15, 0.2) is 0 Å². The lowest BCUT2D eigenvalue weighted by Crippen LogP contribution is -2.57. The molecule has 2 rings (SSSR count). The predicted octanol–water partition coefficient (Wildman–Crippen LogP) is 2.13. The van der Waals surface area contributed by atoms with E-state index >= 15 is 0 Å². The lowest BCUT2D eigenvalue weighted by molar-refractivity contribution is 0.0938. The molecule has 1 aromatic heterocycles. The van der Waals surface area contributed by atoms with E-state index in [1.165, 1.54) is 12.2 Å². The standard InChI is InChI=1S/C14H23N3S/c1-3-17(10-13-6-4-5-8-16-13)14(11-15)7-9-18-12(14)2/h4-6,8,12H,3,7,9-11,15H2,1-2H3. The zero-order valence-corrected chi connectivity index (χ0v) is 12.1. The summed E-state index contributed by atoms with van der Waals surface area (Å²) in [5.74, 6) is 1.22. The van der Waals surface area contributed by atoms with E-state index in [4.69, 9.17) is 5.73 Å². The molecule has 1 aromatic rings. The Morgan fingerprint density at radius 3 is 2.89 bits per heavy atom. The molecule has 3 nitrogen and oxygen atoms in total. The van der Waals surface area contributed by atoms with Crippen LogP contribution in [0, 0.1) is 0 Å². The highest BCUT2D eigenvalue weighted by atomic mass is 32.2. The predicted molar refractivity (Wildman–Crippen MR) is 78.6 cm³/mol. The molecule has 0 amide bonds. The van der Waals surface area contributed by atoms with E-state index in [9.17, 15) is 0 Å². The maximum Gasteiger partial charge on any atom is 0.0544 e. The second kappa shape index (κ2) is 6.04. The van der Waals surface area contributed by atoms with Crippen LogP contribution in [0.3, 0.4) is 0 Å². The zero-order valence-electron chi connectivity index (χ0n) is 11.3. The highest BCUT2D eigenvalue weighted by molar-refractivity contribution is 8.00. The second-order valence-electron chi connectivity index (χ2n) is 4.91. The molecule has 2 N–H and O–H groups in total. The van der Waals surface area contributed by atoms with Crippen molar-refractivity contribution in [3.63, 3.8) is 0 Å². The summed E-state index contributed by atoms with van der Waals surface area (Å²) in [6, 6.07) is 6.12. The van der Waals surface area contributed by atoms with Crippen LogP contribution in [-0.4, -0.2) is 39.5 Å². The van der Waals surface area contributed by atoms with Gasteiger partial charge >= 0.3 is 0 Å². The molecule has 2 heterocycles. The SMILES string of the molecule is CCN(Cc1ccccn1)C1(CN)CCSC1C. The zero-order chi connectivity index (χ0) is 13.0. The average Bonchev–Trinajstić information content (AvgIpc) is 2.79. The molecule has 0 saturated carbocycles. The number of likely N-dealkylation sites (N-methyl/N-ethyl adjacent to an activating group) is 1. The van der Waals surface area contributed by atoms with Crippen LogP contribution in [0.5, 0.6) is 0 Å². The van der Waals surface area contributed by atoms with Crippen LogP contribution in [0.25, 0.3) is 0 Å². The Bertz CT molecular complexity index is 371. The third kappa shape index (κ3) is 2.56. The Morgan fingerprint density at radius 2 is 2.39 bits per heavy atom. The largest absolute Gasteiger partial charge is 0.329 e. The fourth-order valence-corrected chi connectivity index (χ4v) is 4.35. The van der Waals surface area contributed by atoms with Gasteiger partial charge in [0.05, 0.1) is 5.69 Å². The van der Waals surface area contributed by atoms with Gasteiger partial charge in [-0.25, -0.2) is 0 Å². The molecule has 0 spiro atoms. The van der Waals surface area contributed by atoms with Crippen molar-refractivity contribution in [1.29, 1.82) is 0 Å². The number of rotatable bonds is 5. The van der Waals surface area contributed by atoms with Crippen molar-refractivity contribution in [2.45, 2.75) is 37.6 Å². The Morgan fingerprint density at radius 1 is 1.56 bits per heavy atom. The summed E-state index contributed by atoms with van der Waals surface area (Å²) in [4.78, 5) is 6.95. The third-order valence-corrected chi connectivity index (χ3v) is 5.48. The summed E-state index contributed by atoms with van der Waals surface area (Å²) in [7, 11) is 0. The highest BCUT2D eigenvalue weighted by Gasteiger charge is 2.44. The minimum Gasteiger partial charge on any atom is -0.329 e. The normalized spacial score (nSPS) is 27.9. The smallest absolute Gasteiger partial charge is 0.0544 e. The first-order valence-corrected chi connectivity index (χ1v) is 7.74. The number of hydrogen-bond acceptors (Lipinski definition) is 4. The quantitative estimate of drug-likeness (QED) is 0.885. The van der Waals surface area contributed by atoms with Crippen molar-refractivity contribution in [2.24, 2.45) is 5.73 Å². The van der Waals surface area contributed by atoms with Crippen LogP contribution in [-0.2, 0) is 6.54 Å². The van der Waals surface area contributed by atoms with E-state index in [1.54, 1.807) is 0 Å². The van der Waals surface area contributed by atoms with Crippen LogP contribution in [0.15, 0.2) is 24.4 Å². The van der Waals surface area contributed by atoms with Crippen LogP contribution >= 0.6 is 11.8 Å². The summed E-state index contributed by atoms with van der Waals surface area (Å²) in [6.07, 6.45) is 3.06. The van der Waals surface area contributed by atoms with Gasteiger partial charge in [0.25, 0.3) is 0 Å². The first-order valence-electron chi connectivity index (χ1n) is 6.69. The lowest BCUT2D eigenvalue weighted by atomic mass is 9.90. The molecular weight excluding hydrogens is 242 g/mol. The number of hydrogen-bond donors (Lipinski definition) is 1. The highest BCUT2D eigenvalue weighted by Crippen LogP contribution is 2.40. The van der Waals surface area contributed by atoms with E-state index < -0.39 is 0 Å². The fraction of sp³-hybridized carbons (Fsp3) is 0.643. The minimum absolute atomic E-state index is 0.150. The monoisotopic (exact) mass is 265 g/mol. The van der Waals surface area contributed by atoms with Crippen molar-refractivity contribution in [1.82, 2.24) is 9.88 Å². The number of thioether (sulfide) groups is 1. The molecular formula is C14H23N3S. The Balaban J connectivity index is 2.17. The molecule has 1 aliphatic rings. The maximum atomic E-state index is 6.11. The van der Waals surface area contributed by atoms with Crippen molar-refractivity contribution in [3.05, 3.63) is 30.1 Å². The topological polar surface area (TPSA) is 42.2 Å². The van der Waals surface area contributed by atoms with Gasteiger partial charge in [-0.1, -0.05) is 19.9 Å². The van der Waals surface area contributed by atoms with Gasteiger partial charge in [0, 0.05) is 30.1 Å². The fourth-order valence-electron chi connectivity index (χ4n) is 2.85. The van der Waals surface area contributed by atoms with Crippen molar-refractivity contribution in [3.8, 4) is 0 Å². The molecule has 0 radical (unpaired) electrons. The molecule has 0 aromatic carbocycles. The molecule has 4 heteroatoms. The summed E-state index contributed by atoms with van der Waals surface area (Å²) < 4.78 is 0. The van der Waals surface area contributed by atoms with Crippen LogP contribution < -0.4 is 5.73 Å². The number of aromatic nitrogens is 1. The number of nitrogens with zero attached hydrogens (tertiary/aromatic N) is 2. The van der Waals surface area contributed by atoms with E-state index in [0.717, 1.165) is 25.3 Å². The summed E-state index contributed by atoms with van der Waals surface area (Å²) in [6.45, 7) is 7.20. The molecule has 1 fully saturated rings. The van der Waals surface area contributed by atoms with Gasteiger partial charge in [0.2, 0.25) is 0 Å². The molecule has 18 heavy (non-hydrogen) atoms. The van der Waals surface area contributed by atoms with Gasteiger partial charge in [-0.2, -0.15) is 11.8 Å². The van der Waals surface area contributed by atoms with Crippen LogP contribution in [0.4, 0.5) is 0 Å². The van der Waals surface area contributed by atoms with Gasteiger partial charge in [-0.3, -0.25) is 9.88 Å². The minimum atomic E-state index is 0.150. The molecule has 2 unspecified atom stereocenters. The number of nitrogens with two attached hydrogens (primary N) is 1. The Kier molecular flexibility index (Phi) is 4.65. The molecule has 1 aliphatic heterocycles. The Labute approximate surface area is 114 Å². The summed E-state index contributed by atoms with van der Waals surface area (Å²) in [5, 5.41) is 0.603. The van der Waals surface area contributed by atoms with Gasteiger partial charge in [0.1, 0.15) is 0 Å². The molecule has 0 bridgehead atoms. The summed E-state index contributed by atoms with van der Waals surface area (Å²) in [5.41, 5.74) is 7.40. The summed E-state index contributed by atoms with van der Waals surface area (Å²) >= 11 is 2.04. The van der Waals surface area contributed by atoms with Gasteiger partial charge in [-0.05, 0) is 30.9 Å². The third-order valence-electron chi connectivity index (χ3n) is 4.10. The van der Waals surface area contributed by atoms with Gasteiger partial charge < -0.3 is 5.73 Å². The van der Waals surface area contributed by atoms with Crippen LogP contribution in [0.1, 0.15) is 26.0 Å². The Hall–Kier alpha value is -0.580. The molecule has 2 atom stereocenters. The lowest BCUT2D eigenvalue weighted by Gasteiger charge is -2.42. The molecule has 1 saturated heterocycles. The average molecular weight is 265 g/mol. The van der Waals surface area contributed by atoms with Crippen molar-refractivity contribution < 1.29 is 0 Å². The number of pyridine rings is 1. The molecule has 0 aliphatic carbocycles. The first-order chi connectivity index (χ1) is 8.73. The van der Waals surface area contributed by atoms with E-state index in [0.29, 0.717) is 5.25 Å². The van der Waals surface area contributed by atoms with Crippen molar-refractivity contribution >= 4 is 11.8 Å². The van der Waals surface area contributed by atoms with Crippen LogP contribution in [0.2, 0.25) is 0 Å². The first kappa shape index (κ1) is 13.8.